The molecule has 0 unspecified atom stereocenters. The number of carbonyl (C=O) groups excluding carboxylic acids is 6. The Bertz CT molecular complexity index is 2750. The van der Waals surface area contributed by atoms with Crippen LogP contribution in [0.25, 0.3) is 11.1 Å². The number of hydrogen-bond acceptors (Lipinski definition) is 13. The first-order chi connectivity index (χ1) is 36.8. The number of benzene rings is 2. The average molecular weight is 1060 g/mol. The first-order valence-electron chi connectivity index (χ1n) is 27.0. The summed E-state index contributed by atoms with van der Waals surface area (Å²) in [6.45, 7) is 13.4. The molecule has 2 bridgehead atoms. The Morgan fingerprint density at radius 3 is 2.39 bits per heavy atom. The van der Waals surface area contributed by atoms with Gasteiger partial charge in [-0.15, -0.1) is 0 Å². The molecule has 5 amide bonds. The molecule has 0 radical (unpaired) electrons. The topological polar surface area (TPSA) is 235 Å². The number of carbonyl (C=O) groups is 6. The van der Waals surface area contributed by atoms with Crippen LogP contribution >= 0.6 is 0 Å². The van der Waals surface area contributed by atoms with E-state index in [2.05, 4.69) is 31.2 Å². The number of ether oxygens (including phenoxy) is 2. The molecule has 2 saturated heterocycles. The van der Waals surface area contributed by atoms with Crippen LogP contribution in [-0.2, 0) is 46.5 Å². The Morgan fingerprint density at radius 2 is 1.69 bits per heavy atom. The summed E-state index contributed by atoms with van der Waals surface area (Å²) in [4.78, 5) is 91.5. The first kappa shape index (κ1) is 57.9. The van der Waals surface area contributed by atoms with Crippen LogP contribution in [0.5, 0.6) is 0 Å². The number of nitrogens with one attached hydrogen (secondary N) is 4. The van der Waals surface area contributed by atoms with Gasteiger partial charge >= 0.3 is 0 Å². The minimum absolute atomic E-state index is 0.0366. The fourth-order valence-electron chi connectivity index (χ4n) is 10.6. The molecule has 5 heterocycles. The van der Waals surface area contributed by atoms with Gasteiger partial charge in [0.2, 0.25) is 23.6 Å². The molecule has 4 aromatic rings. The number of anilines is 2. The molecular weight excluding hydrogens is 986 g/mol. The van der Waals surface area contributed by atoms with Crippen LogP contribution in [0, 0.1) is 18.2 Å². The van der Waals surface area contributed by atoms with Crippen molar-refractivity contribution < 1.29 is 42.6 Å². The van der Waals surface area contributed by atoms with Crippen molar-refractivity contribution in [3.8, 4) is 11.1 Å². The lowest BCUT2D eigenvalue weighted by Gasteiger charge is -2.36. The van der Waals surface area contributed by atoms with Gasteiger partial charge in [0.05, 0.1) is 62.5 Å². The number of aromatic nitrogens is 3. The van der Waals surface area contributed by atoms with Crippen LogP contribution in [0.3, 0.4) is 0 Å². The lowest BCUT2D eigenvalue weighted by molar-refractivity contribution is -0.144. The Kier molecular flexibility index (Phi) is 19.6. The number of nitrogens with zero attached hydrogens (tertiary/aromatic N) is 6. The predicted octanol–water partition coefficient (Wildman–Crippen LogP) is 5.56. The minimum atomic E-state index is -0.939. The highest BCUT2D eigenvalue weighted by Crippen LogP contribution is 2.43. The number of nitrogen functional groups attached to an aromatic ring is 1. The number of nitrogens with two attached hydrogens (primary N) is 1. The third-order valence-corrected chi connectivity index (χ3v) is 15.0. The highest BCUT2D eigenvalue weighted by Gasteiger charge is 2.46. The van der Waals surface area contributed by atoms with Crippen molar-refractivity contribution in [2.24, 2.45) is 5.41 Å². The van der Waals surface area contributed by atoms with Gasteiger partial charge in [-0.25, -0.2) is 9.37 Å². The number of pyridine rings is 1. The number of halogens is 1. The minimum Gasteiger partial charge on any atom is -0.382 e. The van der Waals surface area contributed by atoms with Gasteiger partial charge in [-0.05, 0) is 93.8 Å². The van der Waals surface area contributed by atoms with Crippen molar-refractivity contribution in [3.63, 3.8) is 0 Å². The lowest BCUT2D eigenvalue weighted by atomic mass is 9.85. The summed E-state index contributed by atoms with van der Waals surface area (Å²) in [6, 6.07) is 12.5. The van der Waals surface area contributed by atoms with Gasteiger partial charge in [-0.2, -0.15) is 5.10 Å². The van der Waals surface area contributed by atoms with E-state index in [1.54, 1.807) is 38.2 Å². The third-order valence-electron chi connectivity index (χ3n) is 15.0. The molecule has 77 heavy (non-hydrogen) atoms. The number of likely N-dealkylation sites (tertiary alicyclic amines) is 1. The molecule has 20 heteroatoms. The van der Waals surface area contributed by atoms with Crippen LogP contribution < -0.4 is 31.9 Å². The molecule has 2 aromatic carbocycles. The van der Waals surface area contributed by atoms with Crippen molar-refractivity contribution in [3.05, 3.63) is 94.7 Å². The molecule has 19 nitrogen and oxygen atoms in total. The van der Waals surface area contributed by atoms with Gasteiger partial charge in [0.1, 0.15) is 29.5 Å². The van der Waals surface area contributed by atoms with E-state index in [-0.39, 0.29) is 100 Å². The Balaban J connectivity index is 0.865. The fourth-order valence-corrected chi connectivity index (χ4v) is 10.6. The van der Waals surface area contributed by atoms with Crippen LogP contribution in [-0.4, -0.2) is 138 Å². The summed E-state index contributed by atoms with van der Waals surface area (Å²) in [5, 5.41) is 16.9. The number of amides is 5. The number of rotatable bonds is 22. The number of hydrogen-bond donors (Lipinski definition) is 5. The van der Waals surface area contributed by atoms with Gasteiger partial charge in [0, 0.05) is 80.6 Å². The molecule has 6 atom stereocenters. The number of Topliss-reactive ketones (excluding diaryl/α,β-unsaturated/α-hetero) is 1. The largest absolute Gasteiger partial charge is 0.382 e. The maximum Gasteiger partial charge on any atom is 0.254 e. The van der Waals surface area contributed by atoms with Crippen molar-refractivity contribution >= 4 is 46.8 Å². The molecule has 416 valence electrons. The smallest absolute Gasteiger partial charge is 0.254 e. The van der Waals surface area contributed by atoms with Gasteiger partial charge in [-0.3, -0.25) is 33.4 Å². The summed E-state index contributed by atoms with van der Waals surface area (Å²) in [6.07, 6.45) is 5.21. The second-order valence-electron chi connectivity index (χ2n) is 21.6. The van der Waals surface area contributed by atoms with E-state index in [1.165, 1.54) is 17.0 Å². The Hall–Kier alpha value is -6.77. The summed E-state index contributed by atoms with van der Waals surface area (Å²) in [5.74, 6) is -1.64. The van der Waals surface area contributed by atoms with Crippen molar-refractivity contribution in [2.45, 2.75) is 142 Å². The van der Waals surface area contributed by atoms with E-state index in [4.69, 9.17) is 20.3 Å². The number of ketones is 1. The highest BCUT2D eigenvalue weighted by molar-refractivity contribution is 5.96. The van der Waals surface area contributed by atoms with Crippen LogP contribution in [0.15, 0.2) is 60.8 Å². The molecule has 3 aliphatic heterocycles. The quantitative estimate of drug-likeness (QED) is 0.0608. The summed E-state index contributed by atoms with van der Waals surface area (Å²) >= 11 is 0. The van der Waals surface area contributed by atoms with Crippen molar-refractivity contribution in [1.29, 1.82) is 0 Å². The Labute approximate surface area is 451 Å². The zero-order chi connectivity index (χ0) is 55.6. The predicted molar refractivity (Wildman–Crippen MR) is 291 cm³/mol. The van der Waals surface area contributed by atoms with E-state index in [0.717, 1.165) is 40.9 Å². The molecule has 2 aromatic heterocycles. The first-order valence-corrected chi connectivity index (χ1v) is 27.0. The van der Waals surface area contributed by atoms with E-state index in [1.807, 2.05) is 75.7 Å². The fraction of sp³-hybridized carbons (Fsp3) is 0.544. The maximum atomic E-state index is 14.7. The number of fused-ring (bicyclic) bond motifs is 8. The Morgan fingerprint density at radius 1 is 0.961 bits per heavy atom. The van der Waals surface area contributed by atoms with Crippen molar-refractivity contribution in [2.75, 3.05) is 64.2 Å². The normalized spacial score (nSPS) is 18.5. The van der Waals surface area contributed by atoms with Crippen LogP contribution in [0.2, 0.25) is 0 Å². The van der Waals surface area contributed by atoms with Gasteiger partial charge in [0.15, 0.2) is 0 Å². The molecule has 0 saturated carbocycles. The standard InChI is InChI=1S/C57H78FN11O8/c1-9-44(37-15-11-10-12-16-37)63-54(73)48-31-40(33-68(48)56(75)51(57(4,5)6)64-53(72)35(2)60-7)62-49(71)22-26-77-28-27-76-25-21-41(70)17-13-24-69-36(3)50-38-29-47(52(59)61-32-38)67-23-14-18-46(67)43-30-39(58)19-20-42(43)55(74)66(8)34-45(50)65-69/h10-12,15-16,19-20,29-30,32,35,40,44,46,48,51,60H,9,13-14,17-18,21-28,31,33-34H2,1-8H3,(H2,59,61)(H,62,71)(H,63,73)(H,64,72)/t35-,40-,44+,46-,48-,51+/m1/s1. The summed E-state index contributed by atoms with van der Waals surface area (Å²) in [7, 11) is 3.38. The molecule has 0 aliphatic carbocycles. The summed E-state index contributed by atoms with van der Waals surface area (Å²) in [5.41, 5.74) is 11.7. The molecule has 0 spiro atoms. The van der Waals surface area contributed by atoms with Gasteiger partial charge in [-0.1, -0.05) is 58.0 Å². The van der Waals surface area contributed by atoms with E-state index >= 15 is 0 Å². The van der Waals surface area contributed by atoms with Gasteiger partial charge in [0.25, 0.3) is 5.91 Å². The molecule has 2 fully saturated rings. The maximum absolute atomic E-state index is 14.7. The third kappa shape index (κ3) is 14.2. The second kappa shape index (κ2) is 26.0. The van der Waals surface area contributed by atoms with E-state index < -0.39 is 41.3 Å². The average Bonchev–Trinajstić information content (AvgIpc) is 4.14. The number of aryl methyl sites for hydroxylation is 1. The number of likely N-dealkylation sites (N-methyl/N-ethyl adjacent to an activating group) is 1. The van der Waals surface area contributed by atoms with Crippen LogP contribution in [0.1, 0.15) is 131 Å². The van der Waals surface area contributed by atoms with E-state index in [9.17, 15) is 33.2 Å². The zero-order valence-corrected chi connectivity index (χ0v) is 46.0. The summed E-state index contributed by atoms with van der Waals surface area (Å²) < 4.78 is 28.0. The monoisotopic (exact) mass is 1060 g/mol. The van der Waals surface area contributed by atoms with Crippen molar-refractivity contribution in [1.82, 2.24) is 45.8 Å². The highest BCUT2D eigenvalue weighted by atomic mass is 19.1. The molecule has 3 aliphatic rings. The van der Waals surface area contributed by atoms with E-state index in [0.29, 0.717) is 55.0 Å². The lowest BCUT2D eigenvalue weighted by Crippen LogP contribution is -2.59. The zero-order valence-electron chi connectivity index (χ0n) is 46.0. The SMILES string of the molecule is CC[C@H](NC(=O)[C@H]1C[C@@H](NC(=O)CCOCCOCCC(=O)CCCn2nc3c(c2C)-c2cnc(N)c(c2)N2CCC[C@@H]2c2cc(F)ccc2C(=O)N(C)C3)CN1C(=O)[C@H](NC(=O)[C@@H](C)NC)C(C)(C)C)c1ccccc1. The second-order valence-corrected chi connectivity index (χ2v) is 21.6. The van der Waals surface area contributed by atoms with Crippen LogP contribution in [0.4, 0.5) is 15.9 Å². The van der Waals surface area contributed by atoms with Gasteiger partial charge < -0.3 is 51.2 Å². The molecule has 6 N–H and O–H groups in total. The molecule has 7 rings (SSSR count). The molecular formula is C57H78FN11O8.